The highest BCUT2D eigenvalue weighted by Gasteiger charge is 2.29. The van der Waals surface area contributed by atoms with Crippen molar-refractivity contribution in [1.82, 2.24) is 10.2 Å². The fourth-order valence-corrected chi connectivity index (χ4v) is 3.11. The van der Waals surface area contributed by atoms with Gasteiger partial charge in [-0.25, -0.2) is 0 Å². The molecule has 25 heavy (non-hydrogen) atoms. The third kappa shape index (κ3) is 4.71. The number of nitrogens with zero attached hydrogens (tertiary/aromatic N) is 1. The Kier molecular flexibility index (Phi) is 6.42. The zero-order valence-electron chi connectivity index (χ0n) is 14.8. The third-order valence-corrected chi connectivity index (χ3v) is 5.28. The van der Waals surface area contributed by atoms with Gasteiger partial charge >= 0.3 is 0 Å². The Bertz CT molecular complexity index is 713. The van der Waals surface area contributed by atoms with E-state index in [4.69, 9.17) is 23.2 Å². The van der Waals surface area contributed by atoms with Crippen molar-refractivity contribution < 1.29 is 9.90 Å². The summed E-state index contributed by atoms with van der Waals surface area (Å²) in [7, 11) is 1.79. The van der Waals surface area contributed by atoms with E-state index in [1.54, 1.807) is 18.0 Å². The number of nitrogens with one attached hydrogen (secondary N) is 1. The van der Waals surface area contributed by atoms with Gasteiger partial charge in [-0.2, -0.15) is 0 Å². The van der Waals surface area contributed by atoms with Crippen LogP contribution in [0.4, 0.5) is 0 Å². The lowest BCUT2D eigenvalue weighted by Gasteiger charge is -2.23. The highest BCUT2D eigenvalue weighted by atomic mass is 35.5. The molecule has 1 unspecified atom stereocenters. The van der Waals surface area contributed by atoms with Crippen LogP contribution in [0, 0.1) is 5.92 Å². The van der Waals surface area contributed by atoms with Crippen LogP contribution in [-0.4, -0.2) is 35.5 Å². The Hall–Kier alpha value is -1.65. The van der Waals surface area contributed by atoms with Crippen molar-refractivity contribution in [2.24, 2.45) is 5.92 Å². The summed E-state index contributed by atoms with van der Waals surface area (Å²) >= 11 is 12.0. The average Bonchev–Trinajstić information content (AvgIpc) is 2.81. The third-order valence-electron chi connectivity index (χ3n) is 4.54. The molecule has 0 aromatic heterocycles. The second-order valence-electron chi connectivity index (χ2n) is 6.74. The molecule has 0 spiro atoms. The maximum atomic E-state index is 12.5. The van der Waals surface area contributed by atoms with Gasteiger partial charge in [0.1, 0.15) is 5.76 Å². The average molecular weight is 383 g/mol. The van der Waals surface area contributed by atoms with E-state index in [1.165, 1.54) is 0 Å². The summed E-state index contributed by atoms with van der Waals surface area (Å²) in [5.74, 6) is -0.000345. The van der Waals surface area contributed by atoms with E-state index in [2.05, 4.69) is 25.7 Å². The number of carbonyl (C=O) groups is 1. The molecule has 1 atom stereocenters. The van der Waals surface area contributed by atoms with E-state index >= 15 is 0 Å². The summed E-state index contributed by atoms with van der Waals surface area (Å²) in [5.41, 5.74) is 1.92. The molecule has 1 aromatic rings. The zero-order valence-corrected chi connectivity index (χ0v) is 16.3. The monoisotopic (exact) mass is 382 g/mol. The van der Waals surface area contributed by atoms with Crippen molar-refractivity contribution in [1.29, 1.82) is 0 Å². The predicted molar refractivity (Wildman–Crippen MR) is 103 cm³/mol. The van der Waals surface area contributed by atoms with Crippen LogP contribution in [0.3, 0.4) is 0 Å². The number of aliphatic hydroxyl groups excluding tert-OH is 1. The van der Waals surface area contributed by atoms with E-state index in [9.17, 15) is 9.90 Å². The predicted octanol–water partition coefficient (Wildman–Crippen LogP) is 4.34. The van der Waals surface area contributed by atoms with Crippen LogP contribution in [0.25, 0.3) is 0 Å². The van der Waals surface area contributed by atoms with Crippen LogP contribution in [0.5, 0.6) is 0 Å². The first-order chi connectivity index (χ1) is 11.7. The molecule has 1 aromatic carbocycles. The molecule has 0 fully saturated rings. The molecular formula is C19H24Cl2N2O2. The van der Waals surface area contributed by atoms with Crippen molar-refractivity contribution in [2.75, 3.05) is 13.6 Å². The summed E-state index contributed by atoms with van der Waals surface area (Å²) in [4.78, 5) is 14.3. The standard InChI is InChI=1S/C19H24Cl2N2O2/c1-11(2)17(8-6-13-5-7-15(20)16(21)9-13)22-19(25)14-10-23(4)12(3)18(14)24/h5,7,9,11,17,24H,3,6,8,10H2,1-2,4H3,(H,22,25). The number of aliphatic hydroxyl groups is 1. The van der Waals surface area contributed by atoms with Gasteiger partial charge in [0.25, 0.3) is 5.91 Å². The Morgan fingerprint density at radius 3 is 2.56 bits per heavy atom. The van der Waals surface area contributed by atoms with Crippen molar-refractivity contribution in [3.05, 3.63) is 57.4 Å². The number of hydrogen-bond donors (Lipinski definition) is 2. The van der Waals surface area contributed by atoms with Crippen LogP contribution in [0.2, 0.25) is 10.0 Å². The molecule has 1 aliphatic heterocycles. The summed E-state index contributed by atoms with van der Waals surface area (Å²) in [5, 5.41) is 14.2. The Labute approximate surface area is 159 Å². The van der Waals surface area contributed by atoms with E-state index in [0.717, 1.165) is 18.4 Å². The number of carbonyl (C=O) groups excluding carboxylic acids is 1. The molecule has 0 radical (unpaired) electrons. The van der Waals surface area contributed by atoms with Crippen LogP contribution in [0.1, 0.15) is 25.8 Å². The minimum absolute atomic E-state index is 0.0126. The lowest BCUT2D eigenvalue weighted by Crippen LogP contribution is -2.40. The van der Waals surface area contributed by atoms with Gasteiger partial charge in [0.05, 0.1) is 27.9 Å². The minimum atomic E-state index is -0.240. The molecule has 136 valence electrons. The van der Waals surface area contributed by atoms with Crippen molar-refractivity contribution in [3.8, 4) is 0 Å². The number of halogens is 2. The highest BCUT2D eigenvalue weighted by molar-refractivity contribution is 6.42. The minimum Gasteiger partial charge on any atom is -0.505 e. The van der Waals surface area contributed by atoms with Crippen molar-refractivity contribution >= 4 is 29.1 Å². The van der Waals surface area contributed by atoms with E-state index < -0.39 is 0 Å². The smallest absolute Gasteiger partial charge is 0.253 e. The summed E-state index contributed by atoms with van der Waals surface area (Å²) in [6, 6.07) is 5.57. The number of likely N-dealkylation sites (N-methyl/N-ethyl adjacent to an activating group) is 1. The van der Waals surface area contributed by atoms with Crippen molar-refractivity contribution in [2.45, 2.75) is 32.7 Å². The van der Waals surface area contributed by atoms with Gasteiger partial charge in [0, 0.05) is 13.1 Å². The normalized spacial score (nSPS) is 15.9. The van der Waals surface area contributed by atoms with Gasteiger partial charge in [-0.1, -0.05) is 49.7 Å². The van der Waals surface area contributed by atoms with Gasteiger partial charge in [-0.3, -0.25) is 4.79 Å². The molecule has 6 heteroatoms. The molecule has 2 N–H and O–H groups in total. The Balaban J connectivity index is 2.02. The summed E-state index contributed by atoms with van der Waals surface area (Å²) in [6.07, 6.45) is 1.55. The zero-order chi connectivity index (χ0) is 18.7. The summed E-state index contributed by atoms with van der Waals surface area (Å²) in [6.45, 7) is 8.26. The van der Waals surface area contributed by atoms with Gasteiger partial charge in [0.15, 0.2) is 0 Å². The number of benzene rings is 1. The topological polar surface area (TPSA) is 52.6 Å². The lowest BCUT2D eigenvalue weighted by atomic mass is 9.96. The second-order valence-corrected chi connectivity index (χ2v) is 7.56. The van der Waals surface area contributed by atoms with Gasteiger partial charge in [-0.05, 0) is 36.5 Å². The molecule has 2 rings (SSSR count). The quantitative estimate of drug-likeness (QED) is 0.769. The number of aryl methyl sites for hydroxylation is 1. The van der Waals surface area contributed by atoms with E-state index in [1.807, 2.05) is 12.1 Å². The molecule has 0 bridgehead atoms. The van der Waals surface area contributed by atoms with Gasteiger partial charge in [0.2, 0.25) is 0 Å². The number of rotatable bonds is 6. The van der Waals surface area contributed by atoms with Crippen LogP contribution in [0.15, 0.2) is 41.8 Å². The first-order valence-electron chi connectivity index (χ1n) is 8.28. The van der Waals surface area contributed by atoms with Crippen LogP contribution >= 0.6 is 23.2 Å². The Morgan fingerprint density at radius 2 is 2.04 bits per heavy atom. The van der Waals surface area contributed by atoms with Gasteiger partial charge in [-0.15, -0.1) is 0 Å². The molecular weight excluding hydrogens is 359 g/mol. The fraction of sp³-hybridized carbons (Fsp3) is 0.421. The SMILES string of the molecule is C=C1C(O)=C(C(=O)NC(CCc2ccc(Cl)c(Cl)c2)C(C)C)CN1C. The molecule has 4 nitrogen and oxygen atoms in total. The van der Waals surface area contributed by atoms with Crippen molar-refractivity contribution in [3.63, 3.8) is 0 Å². The molecule has 0 aliphatic carbocycles. The molecule has 1 heterocycles. The van der Waals surface area contributed by atoms with E-state index in [0.29, 0.717) is 27.9 Å². The largest absolute Gasteiger partial charge is 0.505 e. The second kappa shape index (κ2) is 8.15. The number of hydrogen-bond acceptors (Lipinski definition) is 3. The maximum absolute atomic E-state index is 12.5. The first kappa shape index (κ1) is 19.7. The maximum Gasteiger partial charge on any atom is 0.253 e. The lowest BCUT2D eigenvalue weighted by molar-refractivity contribution is -0.118. The van der Waals surface area contributed by atoms with E-state index in [-0.39, 0.29) is 23.6 Å². The molecule has 0 saturated carbocycles. The fourth-order valence-electron chi connectivity index (χ4n) is 2.79. The molecule has 1 amide bonds. The molecule has 1 aliphatic rings. The summed E-state index contributed by atoms with van der Waals surface area (Å²) < 4.78 is 0. The highest BCUT2D eigenvalue weighted by Crippen LogP contribution is 2.25. The number of amides is 1. The van der Waals surface area contributed by atoms with Crippen LogP contribution < -0.4 is 5.32 Å². The van der Waals surface area contributed by atoms with Crippen LogP contribution in [-0.2, 0) is 11.2 Å². The Morgan fingerprint density at radius 1 is 1.36 bits per heavy atom. The first-order valence-corrected chi connectivity index (χ1v) is 9.03. The molecule has 0 saturated heterocycles. The van der Waals surface area contributed by atoms with Gasteiger partial charge < -0.3 is 15.3 Å².